The summed E-state index contributed by atoms with van der Waals surface area (Å²) in [6.07, 6.45) is 6.28. The average molecular weight is 301 g/mol. The summed E-state index contributed by atoms with van der Waals surface area (Å²) in [5.74, 6) is 0. The highest BCUT2D eigenvalue weighted by Gasteiger charge is 2.19. The van der Waals surface area contributed by atoms with Crippen LogP contribution in [0.15, 0.2) is 12.1 Å². The van der Waals surface area contributed by atoms with Crippen molar-refractivity contribution in [2.24, 2.45) is 0 Å². The molecule has 1 saturated carbocycles. The van der Waals surface area contributed by atoms with E-state index in [4.69, 9.17) is 35.4 Å². The number of rotatable bonds is 1. The van der Waals surface area contributed by atoms with Crippen molar-refractivity contribution in [1.82, 2.24) is 9.55 Å². The van der Waals surface area contributed by atoms with Gasteiger partial charge in [-0.2, -0.15) is 0 Å². The summed E-state index contributed by atoms with van der Waals surface area (Å²) < 4.78 is 2.99. The summed E-state index contributed by atoms with van der Waals surface area (Å²) in [5, 5.41) is 1.15. The summed E-state index contributed by atoms with van der Waals surface area (Å²) in [4.78, 5) is 3.23. The van der Waals surface area contributed by atoms with Gasteiger partial charge in [-0.3, -0.25) is 0 Å². The lowest BCUT2D eigenvalue weighted by Crippen LogP contribution is -2.12. The van der Waals surface area contributed by atoms with Crippen LogP contribution in [-0.4, -0.2) is 9.55 Å². The molecular formula is C13H14Cl2N2S. The molecule has 2 aromatic rings. The molecule has 0 radical (unpaired) electrons. The molecule has 96 valence electrons. The fraction of sp³-hybridized carbons (Fsp3) is 0.462. The van der Waals surface area contributed by atoms with E-state index in [2.05, 4.69) is 9.55 Å². The lowest BCUT2D eigenvalue weighted by atomic mass is 9.95. The number of aromatic nitrogens is 2. The summed E-state index contributed by atoms with van der Waals surface area (Å²) >= 11 is 17.6. The molecule has 1 aliphatic carbocycles. The van der Waals surface area contributed by atoms with Crippen LogP contribution < -0.4 is 0 Å². The Kier molecular flexibility index (Phi) is 3.39. The lowest BCUT2D eigenvalue weighted by molar-refractivity contribution is 0.357. The summed E-state index contributed by atoms with van der Waals surface area (Å²) in [5.41, 5.74) is 2.04. The number of nitrogens with zero attached hydrogens (tertiary/aromatic N) is 1. The molecule has 1 heterocycles. The summed E-state index contributed by atoms with van der Waals surface area (Å²) in [7, 11) is 0. The molecule has 0 atom stereocenters. The molecule has 0 aliphatic heterocycles. The minimum Gasteiger partial charge on any atom is -0.331 e. The van der Waals surface area contributed by atoms with E-state index < -0.39 is 0 Å². The predicted octanol–water partition coefficient (Wildman–Crippen LogP) is 5.51. The average Bonchev–Trinajstić information content (AvgIpc) is 2.66. The predicted molar refractivity (Wildman–Crippen MR) is 79.3 cm³/mol. The van der Waals surface area contributed by atoms with Gasteiger partial charge in [0.15, 0.2) is 4.77 Å². The minimum absolute atomic E-state index is 0.497. The molecule has 1 N–H and O–H groups in total. The summed E-state index contributed by atoms with van der Waals surface area (Å²) in [6.45, 7) is 0. The van der Waals surface area contributed by atoms with E-state index in [0.29, 0.717) is 16.1 Å². The van der Waals surface area contributed by atoms with Gasteiger partial charge >= 0.3 is 0 Å². The Balaban J connectivity index is 2.18. The van der Waals surface area contributed by atoms with Crippen molar-refractivity contribution in [3.63, 3.8) is 0 Å². The van der Waals surface area contributed by atoms with Gasteiger partial charge in [0, 0.05) is 6.04 Å². The zero-order valence-corrected chi connectivity index (χ0v) is 12.2. The zero-order valence-electron chi connectivity index (χ0n) is 9.88. The van der Waals surface area contributed by atoms with Crippen molar-refractivity contribution >= 4 is 46.5 Å². The molecular weight excluding hydrogens is 287 g/mol. The first-order valence-corrected chi connectivity index (χ1v) is 7.42. The largest absolute Gasteiger partial charge is 0.331 e. The van der Waals surface area contributed by atoms with Gasteiger partial charge in [0.25, 0.3) is 0 Å². The molecule has 0 spiro atoms. The Labute approximate surface area is 121 Å². The molecule has 0 amide bonds. The second-order valence-corrected chi connectivity index (χ2v) is 6.08. The Hall–Kier alpha value is -0.510. The van der Waals surface area contributed by atoms with Gasteiger partial charge < -0.3 is 9.55 Å². The number of hydrogen-bond acceptors (Lipinski definition) is 1. The number of hydrogen-bond donors (Lipinski definition) is 1. The van der Waals surface area contributed by atoms with Gasteiger partial charge in [0.05, 0.1) is 21.1 Å². The van der Waals surface area contributed by atoms with Crippen LogP contribution in [0.4, 0.5) is 0 Å². The molecule has 18 heavy (non-hydrogen) atoms. The molecule has 1 aliphatic rings. The van der Waals surface area contributed by atoms with Crippen molar-refractivity contribution in [1.29, 1.82) is 0 Å². The van der Waals surface area contributed by atoms with E-state index in [-0.39, 0.29) is 0 Å². The van der Waals surface area contributed by atoms with Gasteiger partial charge in [0.2, 0.25) is 0 Å². The molecule has 2 nitrogen and oxygen atoms in total. The maximum Gasteiger partial charge on any atom is 0.178 e. The Morgan fingerprint density at radius 2 is 1.78 bits per heavy atom. The quantitative estimate of drug-likeness (QED) is 0.689. The number of nitrogens with one attached hydrogen (secondary N) is 1. The molecule has 1 aromatic carbocycles. The van der Waals surface area contributed by atoms with E-state index in [1.165, 1.54) is 32.1 Å². The molecule has 0 unspecified atom stereocenters. The van der Waals surface area contributed by atoms with Crippen LogP contribution in [0.2, 0.25) is 10.0 Å². The van der Waals surface area contributed by atoms with Crippen LogP contribution in [0.1, 0.15) is 38.1 Å². The number of imidazole rings is 1. The topological polar surface area (TPSA) is 20.7 Å². The fourth-order valence-corrected chi connectivity index (χ4v) is 3.50. The Morgan fingerprint density at radius 1 is 1.11 bits per heavy atom. The van der Waals surface area contributed by atoms with Gasteiger partial charge in [0.1, 0.15) is 0 Å². The minimum atomic E-state index is 0.497. The highest BCUT2D eigenvalue weighted by atomic mass is 35.5. The van der Waals surface area contributed by atoms with E-state index in [9.17, 15) is 0 Å². The normalized spacial score (nSPS) is 17.4. The summed E-state index contributed by atoms with van der Waals surface area (Å²) in [6, 6.07) is 4.27. The SMILES string of the molecule is S=c1[nH]c2cc(Cl)c(Cl)cc2n1C1CCCCC1. The van der Waals surface area contributed by atoms with Crippen molar-refractivity contribution in [2.45, 2.75) is 38.1 Å². The molecule has 3 rings (SSSR count). The zero-order chi connectivity index (χ0) is 12.7. The van der Waals surface area contributed by atoms with Crippen molar-refractivity contribution in [3.05, 3.63) is 26.9 Å². The van der Waals surface area contributed by atoms with Crippen LogP contribution in [0, 0.1) is 4.77 Å². The van der Waals surface area contributed by atoms with Crippen molar-refractivity contribution in [2.75, 3.05) is 0 Å². The lowest BCUT2D eigenvalue weighted by Gasteiger charge is -2.23. The monoisotopic (exact) mass is 300 g/mol. The molecule has 5 heteroatoms. The van der Waals surface area contributed by atoms with Gasteiger partial charge in [-0.05, 0) is 37.2 Å². The first-order valence-electron chi connectivity index (χ1n) is 6.26. The highest BCUT2D eigenvalue weighted by molar-refractivity contribution is 7.71. The van der Waals surface area contributed by atoms with Gasteiger partial charge in [-0.1, -0.05) is 42.5 Å². The number of aromatic amines is 1. The number of benzene rings is 1. The van der Waals surface area contributed by atoms with E-state index in [1.54, 1.807) is 0 Å². The molecule has 0 saturated heterocycles. The Morgan fingerprint density at radius 3 is 2.50 bits per heavy atom. The van der Waals surface area contributed by atoms with Crippen LogP contribution in [0.3, 0.4) is 0 Å². The number of H-pyrrole nitrogens is 1. The number of halogens is 2. The smallest absolute Gasteiger partial charge is 0.178 e. The molecule has 0 bridgehead atoms. The molecule has 1 aromatic heterocycles. The Bertz CT molecular complexity index is 638. The maximum absolute atomic E-state index is 6.11. The van der Waals surface area contributed by atoms with Crippen molar-refractivity contribution in [3.8, 4) is 0 Å². The first kappa shape index (κ1) is 12.5. The van der Waals surface area contributed by atoms with Gasteiger partial charge in [-0.15, -0.1) is 0 Å². The molecule has 1 fully saturated rings. The van der Waals surface area contributed by atoms with Crippen LogP contribution in [0.5, 0.6) is 0 Å². The van der Waals surface area contributed by atoms with E-state index >= 15 is 0 Å². The second kappa shape index (κ2) is 4.87. The van der Waals surface area contributed by atoms with Crippen LogP contribution >= 0.6 is 35.4 Å². The van der Waals surface area contributed by atoms with E-state index in [1.807, 2.05) is 12.1 Å². The third-order valence-corrected chi connectivity index (χ3v) is 4.72. The van der Waals surface area contributed by atoms with Crippen LogP contribution in [-0.2, 0) is 0 Å². The third-order valence-electron chi connectivity index (χ3n) is 3.70. The standard InChI is InChI=1S/C13H14Cl2N2S/c14-9-6-11-12(7-10(9)15)17(13(18)16-11)8-4-2-1-3-5-8/h6-8H,1-5H2,(H,16,18). The number of fused-ring (bicyclic) bond motifs is 1. The first-order chi connectivity index (χ1) is 8.66. The van der Waals surface area contributed by atoms with Gasteiger partial charge in [-0.25, -0.2) is 0 Å². The van der Waals surface area contributed by atoms with Crippen molar-refractivity contribution < 1.29 is 0 Å². The van der Waals surface area contributed by atoms with Crippen LogP contribution in [0.25, 0.3) is 11.0 Å². The highest BCUT2D eigenvalue weighted by Crippen LogP contribution is 2.34. The third kappa shape index (κ3) is 2.09. The van der Waals surface area contributed by atoms with E-state index in [0.717, 1.165) is 15.8 Å². The second-order valence-electron chi connectivity index (χ2n) is 4.88. The maximum atomic E-state index is 6.11. The fourth-order valence-electron chi connectivity index (χ4n) is 2.82.